The van der Waals surface area contributed by atoms with Gasteiger partial charge in [0.25, 0.3) is 5.91 Å². The third kappa shape index (κ3) is 5.81. The van der Waals surface area contributed by atoms with Crippen LogP contribution in [0.4, 0.5) is 0 Å². The van der Waals surface area contributed by atoms with E-state index >= 15 is 0 Å². The third-order valence-corrected chi connectivity index (χ3v) is 7.12. The molecule has 1 aromatic heterocycles. The molecule has 3 atom stereocenters. The standard InChI is InChI=1S/C22H27ClN4O4S/c1-27-19-12-15(23)8-7-14(19)11-20(27)22(29)26-18-6-4-3-5-17(18)21(28)25-16(13-24)9-10-32(2,30)31/h7-8,11-12,16-18H,3-6,9-10H2,1-2H3,(H,25,28)(H,26,29)/t16-,17+,18-/m0/s1. The average Bonchev–Trinajstić information content (AvgIpc) is 3.06. The monoisotopic (exact) mass is 478 g/mol. The Labute approximate surface area is 192 Å². The Morgan fingerprint density at radius 1 is 1.28 bits per heavy atom. The van der Waals surface area contributed by atoms with Gasteiger partial charge in [-0.1, -0.05) is 30.5 Å². The van der Waals surface area contributed by atoms with Gasteiger partial charge in [-0.3, -0.25) is 9.59 Å². The summed E-state index contributed by atoms with van der Waals surface area (Å²) in [6.45, 7) is 0. The summed E-state index contributed by atoms with van der Waals surface area (Å²) in [7, 11) is -1.45. The van der Waals surface area contributed by atoms with E-state index in [2.05, 4.69) is 10.6 Å². The van der Waals surface area contributed by atoms with Crippen LogP contribution < -0.4 is 10.6 Å². The molecule has 0 spiro atoms. The van der Waals surface area contributed by atoms with Gasteiger partial charge in [0.2, 0.25) is 5.91 Å². The van der Waals surface area contributed by atoms with Gasteiger partial charge in [0.05, 0.1) is 17.7 Å². The molecule has 32 heavy (non-hydrogen) atoms. The number of carbonyl (C=O) groups excluding carboxylic acids is 2. The summed E-state index contributed by atoms with van der Waals surface area (Å²) in [4.78, 5) is 25.9. The van der Waals surface area contributed by atoms with E-state index in [1.54, 1.807) is 29.8 Å². The zero-order chi connectivity index (χ0) is 23.5. The minimum atomic E-state index is -3.24. The van der Waals surface area contributed by atoms with E-state index in [0.717, 1.165) is 30.0 Å². The van der Waals surface area contributed by atoms with Crippen molar-refractivity contribution in [3.05, 3.63) is 35.0 Å². The first-order valence-electron chi connectivity index (χ1n) is 10.5. The minimum absolute atomic E-state index is 0.0311. The molecule has 0 aliphatic heterocycles. The lowest BCUT2D eigenvalue weighted by atomic mass is 9.83. The SMILES string of the molecule is Cn1c(C(=O)N[C@H]2CCCC[C@H]2C(=O)N[C@H](C#N)CCS(C)(=O)=O)cc2ccc(Cl)cc21. The van der Waals surface area contributed by atoms with E-state index in [-0.39, 0.29) is 30.0 Å². The van der Waals surface area contributed by atoms with Crippen molar-refractivity contribution in [1.82, 2.24) is 15.2 Å². The number of nitrogens with zero attached hydrogens (tertiary/aromatic N) is 2. The zero-order valence-corrected chi connectivity index (χ0v) is 19.7. The number of amides is 2. The Hall–Kier alpha value is -2.57. The second-order valence-electron chi connectivity index (χ2n) is 8.37. The highest BCUT2D eigenvalue weighted by Gasteiger charge is 2.33. The zero-order valence-electron chi connectivity index (χ0n) is 18.1. The molecule has 1 aliphatic carbocycles. The summed E-state index contributed by atoms with van der Waals surface area (Å²) >= 11 is 6.08. The lowest BCUT2D eigenvalue weighted by molar-refractivity contribution is -0.127. The van der Waals surface area contributed by atoms with Crippen molar-refractivity contribution in [1.29, 1.82) is 5.26 Å². The van der Waals surface area contributed by atoms with Crippen molar-refractivity contribution in [2.24, 2.45) is 13.0 Å². The van der Waals surface area contributed by atoms with Crippen LogP contribution in [-0.2, 0) is 21.7 Å². The maximum absolute atomic E-state index is 13.0. The fourth-order valence-corrected chi connectivity index (χ4v) is 4.99. The smallest absolute Gasteiger partial charge is 0.268 e. The van der Waals surface area contributed by atoms with Gasteiger partial charge in [0, 0.05) is 35.3 Å². The number of sulfone groups is 1. The third-order valence-electron chi connectivity index (χ3n) is 5.91. The van der Waals surface area contributed by atoms with Crippen LogP contribution in [0, 0.1) is 17.2 Å². The molecule has 3 rings (SSSR count). The maximum Gasteiger partial charge on any atom is 0.268 e. The topological polar surface area (TPSA) is 121 Å². The van der Waals surface area contributed by atoms with Crippen molar-refractivity contribution in [3.8, 4) is 6.07 Å². The highest BCUT2D eigenvalue weighted by molar-refractivity contribution is 7.90. The van der Waals surface area contributed by atoms with Crippen LogP contribution in [0.3, 0.4) is 0 Å². The Kier molecular flexibility index (Phi) is 7.47. The van der Waals surface area contributed by atoms with Crippen molar-refractivity contribution in [3.63, 3.8) is 0 Å². The number of halogens is 1. The second-order valence-corrected chi connectivity index (χ2v) is 11.1. The first kappa shape index (κ1) is 24.1. The minimum Gasteiger partial charge on any atom is -0.347 e. The molecule has 2 N–H and O–H groups in total. The molecule has 1 aliphatic rings. The van der Waals surface area contributed by atoms with Gasteiger partial charge < -0.3 is 15.2 Å². The first-order chi connectivity index (χ1) is 15.1. The summed E-state index contributed by atoms with van der Waals surface area (Å²) in [5.74, 6) is -1.27. The van der Waals surface area contributed by atoms with E-state index in [4.69, 9.17) is 11.6 Å². The van der Waals surface area contributed by atoms with Crippen molar-refractivity contribution >= 4 is 44.2 Å². The largest absolute Gasteiger partial charge is 0.347 e. The molecule has 2 aromatic rings. The summed E-state index contributed by atoms with van der Waals surface area (Å²) in [5, 5.41) is 16.4. The Balaban J connectivity index is 1.71. The number of nitriles is 1. The summed E-state index contributed by atoms with van der Waals surface area (Å²) < 4.78 is 24.5. The van der Waals surface area contributed by atoms with Crippen LogP contribution in [0.15, 0.2) is 24.3 Å². The number of fused-ring (bicyclic) bond motifs is 1. The molecule has 1 aromatic carbocycles. The molecular weight excluding hydrogens is 452 g/mol. The number of hydrogen-bond donors (Lipinski definition) is 2. The molecule has 0 saturated heterocycles. The molecule has 0 unspecified atom stereocenters. The fraction of sp³-hybridized carbons (Fsp3) is 0.500. The molecule has 8 nitrogen and oxygen atoms in total. The molecule has 1 fully saturated rings. The lowest BCUT2D eigenvalue weighted by Gasteiger charge is -2.31. The first-order valence-corrected chi connectivity index (χ1v) is 13.0. The fourth-order valence-electron chi connectivity index (χ4n) is 4.16. The maximum atomic E-state index is 13.0. The Bertz CT molecular complexity index is 1170. The van der Waals surface area contributed by atoms with Crippen LogP contribution in [0.25, 0.3) is 10.9 Å². The van der Waals surface area contributed by atoms with Crippen molar-refractivity contribution < 1.29 is 18.0 Å². The highest BCUT2D eigenvalue weighted by atomic mass is 35.5. The van der Waals surface area contributed by atoms with E-state index < -0.39 is 21.8 Å². The van der Waals surface area contributed by atoms with E-state index in [1.807, 2.05) is 12.1 Å². The van der Waals surface area contributed by atoms with Gasteiger partial charge in [-0.15, -0.1) is 0 Å². The van der Waals surface area contributed by atoms with Gasteiger partial charge in [-0.2, -0.15) is 5.26 Å². The van der Waals surface area contributed by atoms with Gasteiger partial charge in [-0.25, -0.2) is 8.42 Å². The average molecular weight is 479 g/mol. The number of aryl methyl sites for hydroxylation is 1. The molecule has 0 radical (unpaired) electrons. The predicted molar refractivity (Wildman–Crippen MR) is 123 cm³/mol. The van der Waals surface area contributed by atoms with Crippen LogP contribution in [0.1, 0.15) is 42.6 Å². The molecule has 10 heteroatoms. The second kappa shape index (κ2) is 9.92. The van der Waals surface area contributed by atoms with E-state index in [1.165, 1.54) is 0 Å². The van der Waals surface area contributed by atoms with E-state index in [9.17, 15) is 23.3 Å². The Morgan fingerprint density at radius 3 is 2.69 bits per heavy atom. The summed E-state index contributed by atoms with van der Waals surface area (Å²) in [6.07, 6.45) is 4.10. The van der Waals surface area contributed by atoms with Crippen LogP contribution in [0.2, 0.25) is 5.02 Å². The molecule has 0 bridgehead atoms. The van der Waals surface area contributed by atoms with Gasteiger partial charge in [0.1, 0.15) is 21.6 Å². The molecule has 1 saturated carbocycles. The molecule has 172 valence electrons. The number of benzene rings is 1. The number of carbonyl (C=O) groups is 2. The van der Waals surface area contributed by atoms with Gasteiger partial charge in [-0.05, 0) is 37.5 Å². The van der Waals surface area contributed by atoms with Gasteiger partial charge >= 0.3 is 0 Å². The van der Waals surface area contributed by atoms with Crippen LogP contribution in [-0.4, -0.2) is 48.9 Å². The number of nitrogens with one attached hydrogen (secondary N) is 2. The van der Waals surface area contributed by atoms with Crippen LogP contribution >= 0.6 is 11.6 Å². The highest BCUT2D eigenvalue weighted by Crippen LogP contribution is 2.27. The predicted octanol–water partition coefficient (Wildman–Crippen LogP) is 2.56. The number of aromatic nitrogens is 1. The van der Waals surface area contributed by atoms with Crippen LogP contribution in [0.5, 0.6) is 0 Å². The van der Waals surface area contributed by atoms with E-state index in [0.29, 0.717) is 23.6 Å². The summed E-state index contributed by atoms with van der Waals surface area (Å²) in [6, 6.07) is 7.90. The number of rotatable bonds is 7. The molecule has 1 heterocycles. The lowest BCUT2D eigenvalue weighted by Crippen LogP contribution is -2.50. The van der Waals surface area contributed by atoms with Gasteiger partial charge in [0.15, 0.2) is 0 Å². The summed E-state index contributed by atoms with van der Waals surface area (Å²) in [5.41, 5.74) is 1.30. The van der Waals surface area contributed by atoms with Crippen molar-refractivity contribution in [2.45, 2.75) is 44.2 Å². The normalized spacial score (nSPS) is 19.8. The molecular formula is C22H27ClN4O4S. The number of hydrogen-bond acceptors (Lipinski definition) is 5. The quantitative estimate of drug-likeness (QED) is 0.633. The Morgan fingerprint density at radius 2 is 2.00 bits per heavy atom. The molecule has 2 amide bonds. The van der Waals surface area contributed by atoms with Crippen molar-refractivity contribution in [2.75, 3.05) is 12.0 Å².